The number of aromatic nitrogens is 1. The first kappa shape index (κ1) is 14.8. The van der Waals surface area contributed by atoms with E-state index in [4.69, 9.17) is 0 Å². The third-order valence-electron chi connectivity index (χ3n) is 3.70. The first-order valence-electron chi connectivity index (χ1n) is 7.28. The number of aromatic carboxylic acids is 1. The highest BCUT2D eigenvalue weighted by molar-refractivity contribution is 5.99. The van der Waals surface area contributed by atoms with Gasteiger partial charge in [-0.25, -0.2) is 4.79 Å². The van der Waals surface area contributed by atoms with E-state index in [1.54, 1.807) is 6.07 Å². The average Bonchev–Trinajstić information content (AvgIpc) is 2.93. The van der Waals surface area contributed by atoms with Crippen molar-refractivity contribution >= 4 is 22.8 Å². The second-order valence-electron chi connectivity index (χ2n) is 5.27. The van der Waals surface area contributed by atoms with Crippen LogP contribution in [-0.4, -0.2) is 22.0 Å². The molecule has 1 aromatic heterocycles. The third-order valence-corrected chi connectivity index (χ3v) is 3.70. The average molecular weight is 308 g/mol. The van der Waals surface area contributed by atoms with Crippen molar-refractivity contribution in [2.45, 2.75) is 13.0 Å². The molecule has 0 atom stereocenters. The van der Waals surface area contributed by atoms with E-state index in [1.807, 2.05) is 48.5 Å². The number of fused-ring (bicyclic) bond motifs is 1. The van der Waals surface area contributed by atoms with Gasteiger partial charge in [0.1, 0.15) is 5.69 Å². The molecular weight excluding hydrogens is 292 g/mol. The van der Waals surface area contributed by atoms with Gasteiger partial charge in [0.05, 0.1) is 6.42 Å². The molecule has 0 fully saturated rings. The minimum absolute atomic E-state index is 0.0263. The third kappa shape index (κ3) is 3.23. The zero-order chi connectivity index (χ0) is 16.2. The molecule has 5 heteroatoms. The molecule has 2 aromatic carbocycles. The van der Waals surface area contributed by atoms with Crippen molar-refractivity contribution in [2.24, 2.45) is 0 Å². The van der Waals surface area contributed by atoms with Crippen molar-refractivity contribution in [3.8, 4) is 0 Å². The molecule has 23 heavy (non-hydrogen) atoms. The molecule has 3 aromatic rings. The van der Waals surface area contributed by atoms with Crippen molar-refractivity contribution < 1.29 is 14.7 Å². The van der Waals surface area contributed by atoms with Crippen molar-refractivity contribution in [3.05, 3.63) is 71.4 Å². The lowest BCUT2D eigenvalue weighted by Crippen LogP contribution is -2.25. The lowest BCUT2D eigenvalue weighted by molar-refractivity contribution is -0.120. The SMILES string of the molecule is O=C(Cc1c(C(=O)O)[nH]c2ccccc12)NCc1ccccc1. The Morgan fingerprint density at radius 1 is 1.00 bits per heavy atom. The summed E-state index contributed by atoms with van der Waals surface area (Å²) in [6.45, 7) is 0.421. The van der Waals surface area contributed by atoms with Crippen LogP contribution in [0.5, 0.6) is 0 Å². The Morgan fingerprint density at radius 3 is 2.43 bits per heavy atom. The van der Waals surface area contributed by atoms with Crippen LogP contribution in [0.1, 0.15) is 21.6 Å². The first-order chi connectivity index (χ1) is 11.1. The molecule has 3 N–H and O–H groups in total. The van der Waals surface area contributed by atoms with Crippen molar-refractivity contribution in [1.82, 2.24) is 10.3 Å². The normalized spacial score (nSPS) is 10.6. The molecule has 0 bridgehead atoms. The summed E-state index contributed by atoms with van der Waals surface area (Å²) >= 11 is 0. The van der Waals surface area contributed by atoms with Gasteiger partial charge in [0, 0.05) is 23.0 Å². The van der Waals surface area contributed by atoms with Crippen LogP contribution < -0.4 is 5.32 Å². The number of benzene rings is 2. The van der Waals surface area contributed by atoms with Crippen LogP contribution in [0.3, 0.4) is 0 Å². The Morgan fingerprint density at radius 2 is 1.70 bits per heavy atom. The maximum atomic E-state index is 12.2. The van der Waals surface area contributed by atoms with E-state index < -0.39 is 5.97 Å². The van der Waals surface area contributed by atoms with Crippen LogP contribution >= 0.6 is 0 Å². The molecule has 0 saturated heterocycles. The van der Waals surface area contributed by atoms with E-state index in [-0.39, 0.29) is 18.0 Å². The summed E-state index contributed by atoms with van der Waals surface area (Å²) in [5, 5.41) is 12.9. The Kier molecular flexibility index (Phi) is 4.10. The minimum Gasteiger partial charge on any atom is -0.477 e. The minimum atomic E-state index is -1.06. The fourth-order valence-corrected chi connectivity index (χ4v) is 2.59. The van der Waals surface area contributed by atoms with Crippen LogP contribution in [0.25, 0.3) is 10.9 Å². The molecule has 0 aliphatic rings. The summed E-state index contributed by atoms with van der Waals surface area (Å²) in [5.74, 6) is -1.27. The number of carboxylic acids is 1. The molecule has 0 radical (unpaired) electrons. The summed E-state index contributed by atoms with van der Waals surface area (Å²) in [7, 11) is 0. The van der Waals surface area contributed by atoms with E-state index in [2.05, 4.69) is 10.3 Å². The van der Waals surface area contributed by atoms with E-state index in [0.29, 0.717) is 12.1 Å². The predicted octanol–water partition coefficient (Wildman–Crippen LogP) is 2.73. The van der Waals surface area contributed by atoms with E-state index in [0.717, 1.165) is 16.5 Å². The molecule has 3 rings (SSSR count). The smallest absolute Gasteiger partial charge is 0.352 e. The van der Waals surface area contributed by atoms with Gasteiger partial charge in [-0.15, -0.1) is 0 Å². The maximum absolute atomic E-state index is 12.2. The lowest BCUT2D eigenvalue weighted by Gasteiger charge is -2.06. The van der Waals surface area contributed by atoms with E-state index >= 15 is 0 Å². The Labute approximate surface area is 133 Å². The molecule has 0 spiro atoms. The number of nitrogens with one attached hydrogen (secondary N) is 2. The number of aromatic amines is 1. The summed E-state index contributed by atoms with van der Waals surface area (Å²) in [6, 6.07) is 16.8. The Balaban J connectivity index is 1.79. The zero-order valence-corrected chi connectivity index (χ0v) is 12.4. The number of carboxylic acid groups (broad SMARTS) is 1. The molecule has 1 heterocycles. The van der Waals surface area contributed by atoms with E-state index in [1.165, 1.54) is 0 Å². The summed E-state index contributed by atoms with van der Waals surface area (Å²) in [6.07, 6.45) is 0.0263. The van der Waals surface area contributed by atoms with Crippen LogP contribution in [0, 0.1) is 0 Å². The number of hydrogen-bond acceptors (Lipinski definition) is 2. The van der Waals surface area contributed by atoms with Crippen LogP contribution in [0.4, 0.5) is 0 Å². The highest BCUT2D eigenvalue weighted by atomic mass is 16.4. The molecule has 0 aliphatic heterocycles. The second kappa shape index (κ2) is 6.36. The van der Waals surface area contributed by atoms with Crippen molar-refractivity contribution in [3.63, 3.8) is 0 Å². The number of carbonyl (C=O) groups excluding carboxylic acids is 1. The largest absolute Gasteiger partial charge is 0.477 e. The molecule has 0 unspecified atom stereocenters. The maximum Gasteiger partial charge on any atom is 0.352 e. The highest BCUT2D eigenvalue weighted by Gasteiger charge is 2.19. The van der Waals surface area contributed by atoms with Gasteiger partial charge >= 0.3 is 5.97 Å². The zero-order valence-electron chi connectivity index (χ0n) is 12.4. The fourth-order valence-electron chi connectivity index (χ4n) is 2.59. The van der Waals surface area contributed by atoms with Crippen LogP contribution in [0.2, 0.25) is 0 Å². The predicted molar refractivity (Wildman–Crippen MR) is 87.3 cm³/mol. The first-order valence-corrected chi connectivity index (χ1v) is 7.28. The number of carbonyl (C=O) groups is 2. The number of rotatable bonds is 5. The van der Waals surface area contributed by atoms with Gasteiger partial charge in [-0.3, -0.25) is 4.79 Å². The van der Waals surface area contributed by atoms with Gasteiger partial charge in [0.25, 0.3) is 0 Å². The highest BCUT2D eigenvalue weighted by Crippen LogP contribution is 2.23. The Bertz CT molecular complexity index is 853. The topological polar surface area (TPSA) is 82.2 Å². The van der Waals surface area contributed by atoms with Gasteiger partial charge in [0.15, 0.2) is 0 Å². The lowest BCUT2D eigenvalue weighted by atomic mass is 10.1. The monoisotopic (exact) mass is 308 g/mol. The molecular formula is C18H16N2O3. The number of H-pyrrole nitrogens is 1. The van der Waals surface area contributed by atoms with Gasteiger partial charge in [-0.1, -0.05) is 48.5 Å². The van der Waals surface area contributed by atoms with Crippen LogP contribution in [-0.2, 0) is 17.8 Å². The van der Waals surface area contributed by atoms with Crippen LogP contribution in [0.15, 0.2) is 54.6 Å². The fraction of sp³-hybridized carbons (Fsp3) is 0.111. The summed E-state index contributed by atoms with van der Waals surface area (Å²) < 4.78 is 0. The van der Waals surface area contributed by atoms with Gasteiger partial charge in [-0.2, -0.15) is 0 Å². The molecule has 5 nitrogen and oxygen atoms in total. The number of para-hydroxylation sites is 1. The van der Waals surface area contributed by atoms with E-state index in [9.17, 15) is 14.7 Å². The second-order valence-corrected chi connectivity index (χ2v) is 5.27. The van der Waals surface area contributed by atoms with Gasteiger partial charge < -0.3 is 15.4 Å². The summed E-state index contributed by atoms with van der Waals surface area (Å²) in [4.78, 5) is 26.4. The molecule has 0 saturated carbocycles. The molecule has 116 valence electrons. The number of hydrogen-bond donors (Lipinski definition) is 3. The molecule has 0 aliphatic carbocycles. The Hall–Kier alpha value is -3.08. The van der Waals surface area contributed by atoms with Gasteiger partial charge in [-0.05, 0) is 11.6 Å². The van der Waals surface area contributed by atoms with Crippen molar-refractivity contribution in [2.75, 3.05) is 0 Å². The van der Waals surface area contributed by atoms with Crippen molar-refractivity contribution in [1.29, 1.82) is 0 Å². The number of amides is 1. The summed E-state index contributed by atoms with van der Waals surface area (Å²) in [5.41, 5.74) is 2.30. The quantitative estimate of drug-likeness (QED) is 0.678. The van der Waals surface area contributed by atoms with Gasteiger partial charge in [0.2, 0.25) is 5.91 Å². The molecule has 1 amide bonds. The standard InChI is InChI=1S/C18H16N2O3/c21-16(19-11-12-6-2-1-3-7-12)10-14-13-8-4-5-9-15(13)20-17(14)18(22)23/h1-9,20H,10-11H2,(H,19,21)(H,22,23).